The van der Waals surface area contributed by atoms with Gasteiger partial charge in [0.05, 0.1) is 6.33 Å². The maximum Gasteiger partial charge on any atom is 0.263 e. The summed E-state index contributed by atoms with van der Waals surface area (Å²) in [5.41, 5.74) is 0. The largest absolute Gasteiger partial charge is 0.324 e. The number of aromatic nitrogens is 2. The van der Waals surface area contributed by atoms with Crippen LogP contribution in [0.15, 0.2) is 11.4 Å². The Hall–Kier alpha value is -0.630. The highest BCUT2D eigenvalue weighted by Gasteiger charge is 2.34. The van der Waals surface area contributed by atoms with Crippen molar-refractivity contribution in [3.63, 3.8) is 0 Å². The summed E-state index contributed by atoms with van der Waals surface area (Å²) in [5, 5.41) is 0.114. The summed E-state index contributed by atoms with van der Waals surface area (Å²) < 4.78 is 28.1. The van der Waals surface area contributed by atoms with Crippen LogP contribution in [0.2, 0.25) is 5.15 Å². The van der Waals surface area contributed by atoms with Gasteiger partial charge in [-0.05, 0) is 13.5 Å². The van der Waals surface area contributed by atoms with Gasteiger partial charge in [-0.1, -0.05) is 18.5 Å². The standard InChI is InChI=1S/C11H19ClN4O2S/c1-4-9-7-16(6-5-14(9)2)19(17,18)11-10(12)15(3)8-13-11/h8-9H,4-7H2,1-3H3. The first-order chi connectivity index (χ1) is 8.87. The normalized spacial score (nSPS) is 22.8. The number of rotatable bonds is 3. The summed E-state index contributed by atoms with van der Waals surface area (Å²) in [5.74, 6) is 0. The second-order valence-electron chi connectivity index (χ2n) is 4.86. The van der Waals surface area contributed by atoms with Gasteiger partial charge in [-0.25, -0.2) is 13.4 Å². The van der Waals surface area contributed by atoms with Gasteiger partial charge in [0.2, 0.25) is 5.03 Å². The molecular formula is C11H19ClN4O2S. The van der Waals surface area contributed by atoms with Gasteiger partial charge in [-0.15, -0.1) is 0 Å². The molecule has 1 aliphatic rings. The Morgan fingerprint density at radius 1 is 1.42 bits per heavy atom. The van der Waals surface area contributed by atoms with E-state index in [9.17, 15) is 8.42 Å². The van der Waals surface area contributed by atoms with Crippen molar-refractivity contribution in [1.82, 2.24) is 18.8 Å². The van der Waals surface area contributed by atoms with E-state index >= 15 is 0 Å². The third kappa shape index (κ3) is 2.65. The fourth-order valence-electron chi connectivity index (χ4n) is 2.27. The van der Waals surface area contributed by atoms with Crippen LogP contribution in [-0.4, -0.2) is 59.9 Å². The lowest BCUT2D eigenvalue weighted by atomic mass is 10.1. The van der Waals surface area contributed by atoms with Gasteiger partial charge in [-0.2, -0.15) is 4.31 Å². The predicted molar refractivity (Wildman–Crippen MR) is 73.7 cm³/mol. The van der Waals surface area contributed by atoms with Crippen molar-refractivity contribution >= 4 is 21.6 Å². The molecule has 0 N–H and O–H groups in total. The monoisotopic (exact) mass is 306 g/mol. The molecule has 1 fully saturated rings. The van der Waals surface area contributed by atoms with Crippen LogP contribution in [-0.2, 0) is 17.1 Å². The first-order valence-corrected chi connectivity index (χ1v) is 8.07. The van der Waals surface area contributed by atoms with Crippen molar-refractivity contribution in [2.45, 2.75) is 24.4 Å². The number of halogens is 1. The van der Waals surface area contributed by atoms with Crippen LogP contribution < -0.4 is 0 Å². The maximum atomic E-state index is 12.5. The zero-order chi connectivity index (χ0) is 14.2. The Bertz CT molecular complexity index is 557. The average molecular weight is 307 g/mol. The second kappa shape index (κ2) is 5.40. The van der Waals surface area contributed by atoms with E-state index in [2.05, 4.69) is 16.8 Å². The Labute approximate surface area is 119 Å². The number of aryl methyl sites for hydroxylation is 1. The summed E-state index contributed by atoms with van der Waals surface area (Å²) >= 11 is 6.00. The van der Waals surface area contributed by atoms with Crippen molar-refractivity contribution in [3.05, 3.63) is 11.5 Å². The zero-order valence-corrected chi connectivity index (χ0v) is 12.9. The molecule has 1 unspecified atom stereocenters. The summed E-state index contributed by atoms with van der Waals surface area (Å²) in [6.45, 7) is 3.75. The molecule has 0 bridgehead atoms. The van der Waals surface area contributed by atoms with Crippen molar-refractivity contribution in [3.8, 4) is 0 Å². The van der Waals surface area contributed by atoms with Crippen LogP contribution in [0.4, 0.5) is 0 Å². The molecule has 2 heterocycles. The van der Waals surface area contributed by atoms with E-state index in [0.29, 0.717) is 13.1 Å². The number of imidazole rings is 1. The van der Waals surface area contributed by atoms with Crippen LogP contribution in [0.1, 0.15) is 13.3 Å². The van der Waals surface area contributed by atoms with Crippen LogP contribution >= 0.6 is 11.6 Å². The molecule has 108 valence electrons. The summed E-state index contributed by atoms with van der Waals surface area (Å²) in [6.07, 6.45) is 2.33. The maximum absolute atomic E-state index is 12.5. The lowest BCUT2D eigenvalue weighted by Gasteiger charge is -2.37. The van der Waals surface area contributed by atoms with E-state index in [0.717, 1.165) is 13.0 Å². The minimum absolute atomic E-state index is 0.0453. The third-order valence-electron chi connectivity index (χ3n) is 3.63. The number of likely N-dealkylation sites (N-methyl/N-ethyl adjacent to an activating group) is 1. The van der Waals surface area contributed by atoms with E-state index in [4.69, 9.17) is 11.6 Å². The van der Waals surface area contributed by atoms with Crippen molar-refractivity contribution in [2.24, 2.45) is 7.05 Å². The Balaban J connectivity index is 2.28. The van der Waals surface area contributed by atoms with Gasteiger partial charge in [0.15, 0.2) is 0 Å². The van der Waals surface area contributed by atoms with Crippen molar-refractivity contribution < 1.29 is 8.42 Å². The first kappa shape index (κ1) is 14.8. The molecule has 1 aromatic rings. The van der Waals surface area contributed by atoms with Gasteiger partial charge >= 0.3 is 0 Å². The molecule has 0 amide bonds. The molecular weight excluding hydrogens is 288 g/mol. The lowest BCUT2D eigenvalue weighted by Crippen LogP contribution is -2.52. The molecule has 1 saturated heterocycles. The highest BCUT2D eigenvalue weighted by Crippen LogP contribution is 2.24. The smallest absolute Gasteiger partial charge is 0.263 e. The van der Waals surface area contributed by atoms with Gasteiger partial charge in [0.1, 0.15) is 5.15 Å². The SMILES string of the molecule is CCC1CN(S(=O)(=O)c2ncn(C)c2Cl)CCN1C. The lowest BCUT2D eigenvalue weighted by molar-refractivity contribution is 0.144. The number of nitrogens with zero attached hydrogens (tertiary/aromatic N) is 4. The Morgan fingerprint density at radius 3 is 2.63 bits per heavy atom. The van der Waals surface area contributed by atoms with Gasteiger partial charge in [0.25, 0.3) is 10.0 Å². The molecule has 0 aliphatic carbocycles. The predicted octanol–water partition coefficient (Wildman–Crippen LogP) is 0.788. The highest BCUT2D eigenvalue weighted by atomic mass is 35.5. The zero-order valence-electron chi connectivity index (χ0n) is 11.4. The molecule has 0 saturated carbocycles. The van der Waals surface area contributed by atoms with E-state index < -0.39 is 10.0 Å². The Kier molecular flexibility index (Phi) is 4.20. The van der Waals surface area contributed by atoms with Gasteiger partial charge in [-0.3, -0.25) is 0 Å². The number of sulfonamides is 1. The van der Waals surface area contributed by atoms with Crippen molar-refractivity contribution in [1.29, 1.82) is 0 Å². The van der Waals surface area contributed by atoms with E-state index in [1.807, 2.05) is 7.05 Å². The fraction of sp³-hybridized carbons (Fsp3) is 0.727. The molecule has 1 atom stereocenters. The molecule has 0 spiro atoms. The summed E-state index contributed by atoms with van der Waals surface area (Å²) in [6, 6.07) is 0.242. The highest BCUT2D eigenvalue weighted by molar-refractivity contribution is 7.89. The summed E-state index contributed by atoms with van der Waals surface area (Å²) in [4.78, 5) is 6.11. The van der Waals surface area contributed by atoms with Crippen LogP contribution in [0.3, 0.4) is 0 Å². The quantitative estimate of drug-likeness (QED) is 0.828. The van der Waals surface area contributed by atoms with Crippen LogP contribution in [0, 0.1) is 0 Å². The minimum Gasteiger partial charge on any atom is -0.324 e. The van der Waals surface area contributed by atoms with Gasteiger partial charge < -0.3 is 9.47 Å². The van der Waals surface area contributed by atoms with Crippen molar-refractivity contribution in [2.75, 3.05) is 26.7 Å². The molecule has 8 heteroatoms. The first-order valence-electron chi connectivity index (χ1n) is 6.25. The minimum atomic E-state index is -3.60. The third-order valence-corrected chi connectivity index (χ3v) is 5.99. The topological polar surface area (TPSA) is 58.4 Å². The molecule has 19 heavy (non-hydrogen) atoms. The molecule has 1 aromatic heterocycles. The molecule has 0 aromatic carbocycles. The number of hydrogen-bond acceptors (Lipinski definition) is 4. The number of hydrogen-bond donors (Lipinski definition) is 0. The number of piperazine rings is 1. The van der Waals surface area contributed by atoms with E-state index in [-0.39, 0.29) is 16.2 Å². The molecule has 2 rings (SSSR count). The van der Waals surface area contributed by atoms with E-state index in [1.54, 1.807) is 7.05 Å². The second-order valence-corrected chi connectivity index (χ2v) is 7.07. The van der Waals surface area contributed by atoms with E-state index in [1.165, 1.54) is 15.2 Å². The Morgan fingerprint density at radius 2 is 2.11 bits per heavy atom. The molecule has 1 aliphatic heterocycles. The van der Waals surface area contributed by atoms with Gasteiger partial charge in [0, 0.05) is 32.7 Å². The summed E-state index contributed by atoms with van der Waals surface area (Å²) in [7, 11) is 0.0980. The molecule has 0 radical (unpaired) electrons. The molecule has 6 nitrogen and oxygen atoms in total. The van der Waals surface area contributed by atoms with Crippen LogP contribution in [0.5, 0.6) is 0 Å². The van der Waals surface area contributed by atoms with Crippen LogP contribution in [0.25, 0.3) is 0 Å². The average Bonchev–Trinajstić information content (AvgIpc) is 2.71. The fourth-order valence-corrected chi connectivity index (χ4v) is 4.12.